The van der Waals surface area contributed by atoms with E-state index in [1.54, 1.807) is 0 Å². The van der Waals surface area contributed by atoms with Crippen molar-refractivity contribution in [3.63, 3.8) is 0 Å². The van der Waals surface area contributed by atoms with Gasteiger partial charge in [0.15, 0.2) is 0 Å². The summed E-state index contributed by atoms with van der Waals surface area (Å²) in [6, 6.07) is 0. The van der Waals surface area contributed by atoms with Gasteiger partial charge in [-0.05, 0) is 25.9 Å². The lowest BCUT2D eigenvalue weighted by Crippen LogP contribution is -2.29. The second-order valence-corrected chi connectivity index (χ2v) is 3.37. The molecule has 0 aromatic carbocycles. The monoisotopic (exact) mass is 199 g/mol. The van der Waals surface area contributed by atoms with E-state index in [1.165, 1.54) is 7.11 Å². The fraction of sp³-hybridized carbons (Fsp3) is 0.727. The van der Waals surface area contributed by atoms with Crippen LogP contribution in [0.4, 0.5) is 0 Å². The van der Waals surface area contributed by atoms with E-state index >= 15 is 0 Å². The molecule has 3 nitrogen and oxygen atoms in total. The van der Waals surface area contributed by atoms with Crippen molar-refractivity contribution in [3.8, 4) is 0 Å². The molecule has 0 bridgehead atoms. The molecule has 0 spiro atoms. The van der Waals surface area contributed by atoms with Crippen LogP contribution in [0.25, 0.3) is 0 Å². The number of rotatable bonds is 7. The number of carbonyl (C=O) groups is 1. The first-order valence-electron chi connectivity index (χ1n) is 5.14. The molecule has 0 aliphatic heterocycles. The summed E-state index contributed by atoms with van der Waals surface area (Å²) in [4.78, 5) is 13.3. The van der Waals surface area contributed by atoms with Crippen LogP contribution in [-0.2, 0) is 9.53 Å². The van der Waals surface area contributed by atoms with Crippen LogP contribution < -0.4 is 0 Å². The zero-order valence-electron chi connectivity index (χ0n) is 9.51. The summed E-state index contributed by atoms with van der Waals surface area (Å²) in [5.74, 6) is -0.304. The molecular formula is C11H21NO2. The number of ether oxygens (including phenoxy) is 1. The van der Waals surface area contributed by atoms with Gasteiger partial charge in [0.05, 0.1) is 7.11 Å². The van der Waals surface area contributed by atoms with Gasteiger partial charge in [0.1, 0.15) is 0 Å². The van der Waals surface area contributed by atoms with Crippen LogP contribution in [0.3, 0.4) is 0 Å². The van der Waals surface area contributed by atoms with Crippen LogP contribution in [0.1, 0.15) is 26.7 Å². The van der Waals surface area contributed by atoms with E-state index in [-0.39, 0.29) is 5.97 Å². The molecule has 0 saturated carbocycles. The van der Waals surface area contributed by atoms with E-state index in [9.17, 15) is 4.79 Å². The average molecular weight is 199 g/mol. The van der Waals surface area contributed by atoms with E-state index < -0.39 is 0 Å². The second-order valence-electron chi connectivity index (χ2n) is 3.37. The predicted octanol–water partition coefficient (Wildman–Crippen LogP) is 1.84. The maximum Gasteiger partial charge on any atom is 0.334 e. The summed E-state index contributed by atoms with van der Waals surface area (Å²) in [6.07, 6.45) is 2.18. The normalized spacial score (nSPS) is 10.3. The lowest BCUT2D eigenvalue weighted by atomic mass is 10.2. The third-order valence-electron chi connectivity index (χ3n) is 1.97. The van der Waals surface area contributed by atoms with E-state index in [0.29, 0.717) is 12.1 Å². The molecule has 14 heavy (non-hydrogen) atoms. The highest BCUT2D eigenvalue weighted by molar-refractivity contribution is 5.88. The number of esters is 1. The van der Waals surface area contributed by atoms with Crippen LogP contribution in [-0.4, -0.2) is 37.6 Å². The molecular weight excluding hydrogens is 178 g/mol. The quantitative estimate of drug-likeness (QED) is 0.463. The number of carbonyl (C=O) groups excluding carboxylic acids is 1. The Bertz CT molecular complexity index is 184. The molecule has 82 valence electrons. The van der Waals surface area contributed by atoms with Crippen molar-refractivity contribution in [2.45, 2.75) is 26.7 Å². The van der Waals surface area contributed by atoms with Gasteiger partial charge in [-0.25, -0.2) is 4.79 Å². The van der Waals surface area contributed by atoms with Gasteiger partial charge in [-0.1, -0.05) is 20.4 Å². The van der Waals surface area contributed by atoms with Crippen molar-refractivity contribution >= 4 is 5.97 Å². The maximum absolute atomic E-state index is 11.1. The highest BCUT2D eigenvalue weighted by Gasteiger charge is 2.10. The third kappa shape index (κ3) is 5.02. The van der Waals surface area contributed by atoms with Gasteiger partial charge >= 0.3 is 5.97 Å². The zero-order chi connectivity index (χ0) is 11.0. The van der Waals surface area contributed by atoms with Crippen molar-refractivity contribution in [1.82, 2.24) is 4.90 Å². The van der Waals surface area contributed by atoms with Crippen molar-refractivity contribution in [3.05, 3.63) is 12.2 Å². The summed E-state index contributed by atoms with van der Waals surface area (Å²) < 4.78 is 4.60. The molecule has 0 aliphatic rings. The molecule has 0 aromatic heterocycles. The molecule has 0 amide bonds. The Morgan fingerprint density at radius 2 is 1.79 bits per heavy atom. The van der Waals surface area contributed by atoms with Gasteiger partial charge in [-0.15, -0.1) is 0 Å². The smallest absolute Gasteiger partial charge is 0.334 e. The number of hydrogen-bond acceptors (Lipinski definition) is 3. The molecule has 0 saturated heterocycles. The predicted molar refractivity (Wildman–Crippen MR) is 58.2 cm³/mol. The molecule has 0 radical (unpaired) electrons. The average Bonchev–Trinajstić information content (AvgIpc) is 2.17. The Balaban J connectivity index is 4.01. The summed E-state index contributed by atoms with van der Waals surface area (Å²) >= 11 is 0. The highest BCUT2D eigenvalue weighted by atomic mass is 16.5. The highest BCUT2D eigenvalue weighted by Crippen LogP contribution is 2.01. The number of methoxy groups -OCH3 is 1. The van der Waals surface area contributed by atoms with Gasteiger partial charge < -0.3 is 4.74 Å². The van der Waals surface area contributed by atoms with E-state index in [1.807, 2.05) is 0 Å². The van der Waals surface area contributed by atoms with Crippen molar-refractivity contribution in [2.75, 3.05) is 26.7 Å². The first-order valence-corrected chi connectivity index (χ1v) is 5.14. The molecule has 0 rings (SSSR count). The van der Waals surface area contributed by atoms with Crippen molar-refractivity contribution in [1.29, 1.82) is 0 Å². The van der Waals surface area contributed by atoms with Crippen molar-refractivity contribution in [2.24, 2.45) is 0 Å². The van der Waals surface area contributed by atoms with E-state index in [4.69, 9.17) is 0 Å². The lowest BCUT2D eigenvalue weighted by molar-refractivity contribution is -0.136. The largest absolute Gasteiger partial charge is 0.466 e. The number of nitrogens with zero attached hydrogens (tertiary/aromatic N) is 1. The van der Waals surface area contributed by atoms with Crippen molar-refractivity contribution < 1.29 is 9.53 Å². The zero-order valence-corrected chi connectivity index (χ0v) is 9.51. The Kier molecular flexibility index (Phi) is 7.11. The van der Waals surface area contributed by atoms with Gasteiger partial charge in [-0.2, -0.15) is 0 Å². The van der Waals surface area contributed by atoms with Gasteiger partial charge in [0.25, 0.3) is 0 Å². The molecule has 0 aliphatic carbocycles. The Morgan fingerprint density at radius 1 is 1.29 bits per heavy atom. The van der Waals surface area contributed by atoms with Crippen LogP contribution >= 0.6 is 0 Å². The van der Waals surface area contributed by atoms with Gasteiger partial charge in [0.2, 0.25) is 0 Å². The van der Waals surface area contributed by atoms with Crippen LogP contribution in [0, 0.1) is 0 Å². The molecule has 0 aromatic rings. The lowest BCUT2D eigenvalue weighted by Gasteiger charge is -2.20. The maximum atomic E-state index is 11.1. The summed E-state index contributed by atoms with van der Waals surface area (Å²) in [5, 5.41) is 0. The van der Waals surface area contributed by atoms with Gasteiger partial charge in [0, 0.05) is 12.1 Å². The first kappa shape index (κ1) is 13.2. The fourth-order valence-electron chi connectivity index (χ4n) is 1.38. The molecule has 0 unspecified atom stereocenters. The topological polar surface area (TPSA) is 29.5 Å². The van der Waals surface area contributed by atoms with Crippen LogP contribution in [0.15, 0.2) is 12.2 Å². The number of hydrogen-bond donors (Lipinski definition) is 0. The van der Waals surface area contributed by atoms with E-state index in [0.717, 1.165) is 25.9 Å². The van der Waals surface area contributed by atoms with E-state index in [2.05, 4.69) is 30.1 Å². The summed E-state index contributed by atoms with van der Waals surface area (Å²) in [5.41, 5.74) is 0.536. The molecule has 0 fully saturated rings. The molecule has 3 heteroatoms. The minimum absolute atomic E-state index is 0.304. The second kappa shape index (κ2) is 7.56. The molecule has 0 N–H and O–H groups in total. The van der Waals surface area contributed by atoms with Crippen LogP contribution in [0.2, 0.25) is 0 Å². The fourth-order valence-corrected chi connectivity index (χ4v) is 1.38. The molecule has 0 heterocycles. The minimum atomic E-state index is -0.304. The Morgan fingerprint density at radius 3 is 2.14 bits per heavy atom. The van der Waals surface area contributed by atoms with Crippen LogP contribution in [0.5, 0.6) is 0 Å². The minimum Gasteiger partial charge on any atom is -0.466 e. The SMILES string of the molecule is C=C(CN(CCC)CCC)C(=O)OC. The van der Waals surface area contributed by atoms with Gasteiger partial charge in [-0.3, -0.25) is 4.90 Å². The summed E-state index contributed by atoms with van der Waals surface area (Å²) in [7, 11) is 1.39. The Hall–Kier alpha value is -0.830. The third-order valence-corrected chi connectivity index (χ3v) is 1.97. The molecule has 0 atom stereocenters. The standard InChI is InChI=1S/C11H21NO2/c1-5-7-12(8-6-2)9-10(3)11(13)14-4/h3,5-9H2,1-2,4H3. The first-order chi connectivity index (χ1) is 6.65. The summed E-state index contributed by atoms with van der Waals surface area (Å²) in [6.45, 7) is 10.6. The Labute approximate surface area is 86.7 Å².